The molecule has 2 aliphatic rings. The van der Waals surface area contributed by atoms with Crippen LogP contribution >= 0.6 is 27.7 Å². The maximum absolute atomic E-state index is 12.9. The molecule has 0 saturated heterocycles. The van der Waals surface area contributed by atoms with Crippen LogP contribution in [0, 0.1) is 0 Å². The van der Waals surface area contributed by atoms with Gasteiger partial charge in [-0.3, -0.25) is 14.2 Å². The number of carbonyl (C=O) groups is 1. The summed E-state index contributed by atoms with van der Waals surface area (Å²) in [7, 11) is 0. The summed E-state index contributed by atoms with van der Waals surface area (Å²) in [5.74, 6) is 0.643. The fourth-order valence-corrected chi connectivity index (χ4v) is 4.84. The third-order valence-electron chi connectivity index (χ3n) is 4.67. The highest BCUT2D eigenvalue weighted by Gasteiger charge is 2.30. The van der Waals surface area contributed by atoms with Crippen molar-refractivity contribution in [3.8, 4) is 0 Å². The third kappa shape index (κ3) is 3.40. The van der Waals surface area contributed by atoms with Gasteiger partial charge < -0.3 is 5.32 Å². The van der Waals surface area contributed by atoms with E-state index in [2.05, 4.69) is 21.2 Å². The Labute approximate surface area is 158 Å². The first-order valence-corrected chi connectivity index (χ1v) is 10.2. The number of nitrogens with zero attached hydrogens (tertiary/aromatic N) is 2. The number of halogens is 1. The van der Waals surface area contributed by atoms with E-state index in [0.29, 0.717) is 0 Å². The van der Waals surface area contributed by atoms with Gasteiger partial charge in [0.2, 0.25) is 5.91 Å². The third-order valence-corrected chi connectivity index (χ3v) is 6.30. The van der Waals surface area contributed by atoms with Gasteiger partial charge in [0.1, 0.15) is 0 Å². The lowest BCUT2D eigenvalue weighted by Crippen LogP contribution is -2.32. The molecule has 4 rings (SSSR count). The van der Waals surface area contributed by atoms with Gasteiger partial charge in [-0.2, -0.15) is 0 Å². The lowest BCUT2D eigenvalue weighted by Gasteiger charge is -2.18. The molecular weight excluding hydrogens is 402 g/mol. The highest BCUT2D eigenvalue weighted by molar-refractivity contribution is 9.10. The molecule has 1 aromatic heterocycles. The van der Waals surface area contributed by atoms with Crippen LogP contribution in [0.2, 0.25) is 0 Å². The first kappa shape index (κ1) is 16.8. The average molecular weight is 420 g/mol. The van der Waals surface area contributed by atoms with Gasteiger partial charge in [0.25, 0.3) is 5.56 Å². The van der Waals surface area contributed by atoms with Crippen molar-refractivity contribution < 1.29 is 4.79 Å². The smallest absolute Gasteiger partial charge is 0.257 e. The number of thioether (sulfide) groups is 1. The minimum absolute atomic E-state index is 0.0612. The molecule has 0 spiro atoms. The van der Waals surface area contributed by atoms with E-state index in [1.807, 2.05) is 24.3 Å². The quantitative estimate of drug-likeness (QED) is 0.772. The summed E-state index contributed by atoms with van der Waals surface area (Å²) in [4.78, 5) is 30.0. The topological polar surface area (TPSA) is 64.0 Å². The summed E-state index contributed by atoms with van der Waals surface area (Å²) in [6, 6.07) is 7.35. The Morgan fingerprint density at radius 3 is 2.84 bits per heavy atom. The second kappa shape index (κ2) is 6.96. The molecule has 25 heavy (non-hydrogen) atoms. The van der Waals surface area contributed by atoms with E-state index < -0.39 is 0 Å². The number of nitrogens with one attached hydrogen (secondary N) is 1. The molecular formula is C18H18BrN3O2S. The molecule has 5 nitrogen and oxygen atoms in total. The van der Waals surface area contributed by atoms with E-state index in [0.717, 1.165) is 58.0 Å². The van der Waals surface area contributed by atoms with E-state index in [4.69, 9.17) is 4.98 Å². The molecule has 0 radical (unpaired) electrons. The van der Waals surface area contributed by atoms with Crippen molar-refractivity contribution in [1.82, 2.24) is 9.55 Å². The lowest BCUT2D eigenvalue weighted by atomic mass is 9.97. The van der Waals surface area contributed by atoms with Crippen LogP contribution in [0.3, 0.4) is 0 Å². The summed E-state index contributed by atoms with van der Waals surface area (Å²) in [6.07, 6.45) is 4.14. The second-order valence-corrected chi connectivity index (χ2v) is 8.33. The molecule has 0 saturated carbocycles. The minimum Gasteiger partial charge on any atom is -0.326 e. The van der Waals surface area contributed by atoms with Crippen molar-refractivity contribution in [3.05, 3.63) is 50.3 Å². The maximum Gasteiger partial charge on any atom is 0.257 e. The zero-order valence-corrected chi connectivity index (χ0v) is 16.0. The molecule has 0 fully saturated rings. The molecule has 1 aromatic carbocycles. The summed E-state index contributed by atoms with van der Waals surface area (Å²) in [5, 5.41) is 3.67. The predicted octanol–water partition coefficient (Wildman–Crippen LogP) is 3.56. The largest absolute Gasteiger partial charge is 0.326 e. The summed E-state index contributed by atoms with van der Waals surface area (Å²) in [5.41, 5.74) is 2.65. The number of hydrogen-bond donors (Lipinski definition) is 1. The number of aryl methyl sites for hydroxylation is 1. The van der Waals surface area contributed by atoms with Crippen LogP contribution in [-0.2, 0) is 17.6 Å². The van der Waals surface area contributed by atoms with Crippen LogP contribution in [0.25, 0.3) is 0 Å². The van der Waals surface area contributed by atoms with Gasteiger partial charge in [0.05, 0.1) is 11.7 Å². The molecule has 2 heterocycles. The van der Waals surface area contributed by atoms with Crippen molar-refractivity contribution in [2.75, 3.05) is 11.1 Å². The molecule has 1 N–H and O–H groups in total. The highest BCUT2D eigenvalue weighted by atomic mass is 79.9. The molecule has 1 unspecified atom stereocenters. The summed E-state index contributed by atoms with van der Waals surface area (Å²) in [6.45, 7) is 0. The average Bonchev–Trinajstić information content (AvgIpc) is 3.00. The van der Waals surface area contributed by atoms with E-state index in [-0.39, 0.29) is 23.9 Å². The van der Waals surface area contributed by atoms with Gasteiger partial charge in [0, 0.05) is 27.9 Å². The first-order valence-electron chi connectivity index (χ1n) is 8.44. The van der Waals surface area contributed by atoms with Crippen molar-refractivity contribution >= 4 is 39.3 Å². The molecule has 130 valence electrons. The fourth-order valence-electron chi connectivity index (χ4n) is 3.42. The first-order chi connectivity index (χ1) is 12.1. The maximum atomic E-state index is 12.9. The number of aromatic nitrogens is 2. The number of fused-ring (bicyclic) bond motifs is 2. The zero-order chi connectivity index (χ0) is 17.4. The molecule has 1 aliphatic heterocycles. The normalized spacial score (nSPS) is 18.5. The Balaban J connectivity index is 1.53. The van der Waals surface area contributed by atoms with Crippen LogP contribution in [0.1, 0.15) is 36.6 Å². The molecule has 1 aliphatic carbocycles. The molecule has 1 amide bonds. The van der Waals surface area contributed by atoms with Crippen LogP contribution in [0.5, 0.6) is 0 Å². The van der Waals surface area contributed by atoms with E-state index in [9.17, 15) is 9.59 Å². The monoisotopic (exact) mass is 419 g/mol. The minimum atomic E-state index is -0.123. The fraction of sp³-hybridized carbons (Fsp3) is 0.389. The Bertz CT molecular complexity index is 879. The molecule has 7 heteroatoms. The van der Waals surface area contributed by atoms with Crippen molar-refractivity contribution in [2.24, 2.45) is 0 Å². The Hall–Kier alpha value is -1.60. The zero-order valence-electron chi connectivity index (χ0n) is 13.6. The summed E-state index contributed by atoms with van der Waals surface area (Å²) >= 11 is 4.96. The van der Waals surface area contributed by atoms with Gasteiger partial charge >= 0.3 is 0 Å². The number of carbonyl (C=O) groups excluding carboxylic acids is 1. The highest BCUT2D eigenvalue weighted by Crippen LogP contribution is 2.34. The van der Waals surface area contributed by atoms with Crippen LogP contribution in [-0.4, -0.2) is 21.2 Å². The standard InChI is InChI=1S/C18H18BrN3O2S/c19-11-5-7-12(8-6-11)20-16(23)9-13-10-25-18-21-15-4-2-1-3-14(15)17(24)22(13)18/h5-8,13H,1-4,9-10H2,(H,20,23). The number of amides is 1. The van der Waals surface area contributed by atoms with Gasteiger partial charge in [-0.1, -0.05) is 27.7 Å². The number of benzene rings is 1. The van der Waals surface area contributed by atoms with Crippen LogP contribution in [0.15, 0.2) is 38.7 Å². The lowest BCUT2D eigenvalue weighted by molar-refractivity contribution is -0.116. The summed E-state index contributed by atoms with van der Waals surface area (Å²) < 4.78 is 2.71. The Morgan fingerprint density at radius 2 is 2.04 bits per heavy atom. The van der Waals surface area contributed by atoms with E-state index in [1.165, 1.54) is 0 Å². The van der Waals surface area contributed by atoms with Crippen LogP contribution in [0.4, 0.5) is 5.69 Å². The molecule has 2 aromatic rings. The Kier molecular flexibility index (Phi) is 4.69. The van der Waals surface area contributed by atoms with Gasteiger partial charge in [-0.15, -0.1) is 0 Å². The number of hydrogen-bond acceptors (Lipinski definition) is 4. The molecule has 0 bridgehead atoms. The van der Waals surface area contributed by atoms with Crippen molar-refractivity contribution in [1.29, 1.82) is 0 Å². The molecule has 1 atom stereocenters. The SMILES string of the molecule is O=C(CC1CSc2nc3c(c(=O)n21)CCCC3)Nc1ccc(Br)cc1. The number of anilines is 1. The van der Waals surface area contributed by atoms with Gasteiger partial charge in [0.15, 0.2) is 5.16 Å². The van der Waals surface area contributed by atoms with Gasteiger partial charge in [-0.05, 0) is 49.9 Å². The van der Waals surface area contributed by atoms with E-state index >= 15 is 0 Å². The van der Waals surface area contributed by atoms with Crippen LogP contribution < -0.4 is 10.9 Å². The Morgan fingerprint density at radius 1 is 1.28 bits per heavy atom. The van der Waals surface area contributed by atoms with Gasteiger partial charge in [-0.25, -0.2) is 4.98 Å². The second-order valence-electron chi connectivity index (χ2n) is 6.43. The van der Waals surface area contributed by atoms with Crippen molar-refractivity contribution in [2.45, 2.75) is 43.3 Å². The van der Waals surface area contributed by atoms with E-state index in [1.54, 1.807) is 16.3 Å². The predicted molar refractivity (Wildman–Crippen MR) is 102 cm³/mol. The van der Waals surface area contributed by atoms with Crippen molar-refractivity contribution in [3.63, 3.8) is 0 Å². The number of rotatable bonds is 3.